The van der Waals surface area contributed by atoms with Crippen molar-refractivity contribution in [2.75, 3.05) is 0 Å². The van der Waals surface area contributed by atoms with Crippen LogP contribution in [0.1, 0.15) is 63.9 Å². The van der Waals surface area contributed by atoms with Crippen molar-refractivity contribution >= 4 is 0 Å². The van der Waals surface area contributed by atoms with Gasteiger partial charge in [0.25, 0.3) is 0 Å². The molecule has 36 heavy (non-hydrogen) atoms. The summed E-state index contributed by atoms with van der Waals surface area (Å²) in [5.74, 6) is -15.3. The van der Waals surface area contributed by atoms with Crippen LogP contribution < -0.4 is 4.74 Å². The van der Waals surface area contributed by atoms with E-state index >= 15 is 0 Å². The van der Waals surface area contributed by atoms with E-state index in [2.05, 4.69) is 21.6 Å². The van der Waals surface area contributed by atoms with Crippen LogP contribution in [-0.2, 0) is 6.42 Å². The van der Waals surface area contributed by atoms with E-state index in [1.807, 2.05) is 0 Å². The smallest absolute Gasteiger partial charge is 0.427 e. The number of hydrogen-bond donors (Lipinski definition) is 0. The average Bonchev–Trinajstić information content (AvgIpc) is 2.80. The van der Waals surface area contributed by atoms with Gasteiger partial charge in [-0.05, 0) is 30.5 Å². The Morgan fingerprint density at radius 2 is 1.22 bits per heavy atom. The van der Waals surface area contributed by atoms with Crippen molar-refractivity contribution in [1.29, 1.82) is 0 Å². The molecule has 0 aliphatic rings. The van der Waals surface area contributed by atoms with Crippen LogP contribution in [0, 0.1) is 0 Å². The first kappa shape index (κ1) is 29.7. The third-order valence-corrected chi connectivity index (χ3v) is 5.51. The summed E-state index contributed by atoms with van der Waals surface area (Å²) in [5.41, 5.74) is 0.340. The highest BCUT2D eigenvalue weighted by Crippen LogP contribution is 2.53. The molecule has 0 fully saturated rings. The van der Waals surface area contributed by atoms with Gasteiger partial charge in [0.2, 0.25) is 0 Å². The van der Waals surface area contributed by atoms with Gasteiger partial charge in [0, 0.05) is 12.4 Å². The van der Waals surface area contributed by atoms with Crippen LogP contribution in [0.2, 0.25) is 0 Å². The molecule has 0 N–H and O–H groups in total. The molecule has 1 aromatic heterocycles. The van der Waals surface area contributed by atoms with E-state index < -0.39 is 29.9 Å². The molecule has 0 amide bonds. The zero-order valence-corrected chi connectivity index (χ0v) is 19.5. The Bertz CT molecular complexity index is 947. The highest BCUT2D eigenvalue weighted by Gasteiger charge is 2.83. The molecule has 202 valence electrons. The fourth-order valence-corrected chi connectivity index (χ4v) is 3.39. The second-order valence-corrected chi connectivity index (χ2v) is 8.40. The van der Waals surface area contributed by atoms with Gasteiger partial charge in [-0.15, -0.1) is 0 Å². The summed E-state index contributed by atoms with van der Waals surface area (Å²) < 4.78 is 122. The molecule has 0 saturated heterocycles. The Hall–Kier alpha value is -2.53. The van der Waals surface area contributed by atoms with Crippen LogP contribution in [0.4, 0.5) is 39.5 Å². The summed E-state index contributed by atoms with van der Waals surface area (Å²) in [6.07, 6.45) is -0.827. The summed E-state index contributed by atoms with van der Waals surface area (Å²) in [6.45, 7) is 2.15. The first-order valence-electron chi connectivity index (χ1n) is 11.5. The fraction of sp³-hybridized carbons (Fsp3) is 0.583. The minimum Gasteiger partial charge on any atom is -0.427 e. The maximum absolute atomic E-state index is 14.0. The quantitative estimate of drug-likeness (QED) is 0.181. The Morgan fingerprint density at radius 1 is 0.694 bits per heavy atom. The predicted molar refractivity (Wildman–Crippen MR) is 115 cm³/mol. The number of aryl methyl sites for hydroxylation is 1. The second-order valence-electron chi connectivity index (χ2n) is 8.40. The summed E-state index contributed by atoms with van der Waals surface area (Å²) in [4.78, 5) is 7.97. The molecule has 0 unspecified atom stereocenters. The number of nitrogens with zero attached hydrogens (tertiary/aromatic N) is 2. The van der Waals surface area contributed by atoms with Crippen molar-refractivity contribution in [3.8, 4) is 17.1 Å². The lowest BCUT2D eigenvalue weighted by Gasteiger charge is -2.33. The van der Waals surface area contributed by atoms with E-state index in [0.29, 0.717) is 12.5 Å². The molecule has 0 atom stereocenters. The third-order valence-electron chi connectivity index (χ3n) is 5.51. The van der Waals surface area contributed by atoms with E-state index in [9.17, 15) is 39.5 Å². The standard InChI is InChI=1S/C24H27F9N2O/c1-2-3-4-5-6-7-8-9-12-17-15-34-20(35-16-17)18-13-10-11-14-19(18)36-24(32,33)22(27,28)21(25,26)23(29,30)31/h10-11,13-16H,2-9,12H2,1H3. The maximum Gasteiger partial charge on any atom is 0.471 e. The largest absolute Gasteiger partial charge is 0.471 e. The number of hydrogen-bond acceptors (Lipinski definition) is 3. The van der Waals surface area contributed by atoms with Gasteiger partial charge < -0.3 is 4.74 Å². The number of ether oxygens (including phenoxy) is 1. The lowest BCUT2D eigenvalue weighted by atomic mass is 10.1. The predicted octanol–water partition coefficient (Wildman–Crippen LogP) is 8.63. The summed E-state index contributed by atoms with van der Waals surface area (Å²) in [5, 5.41) is 0. The molecule has 0 saturated carbocycles. The van der Waals surface area contributed by atoms with E-state index in [4.69, 9.17) is 0 Å². The van der Waals surface area contributed by atoms with E-state index in [-0.39, 0.29) is 11.4 Å². The van der Waals surface area contributed by atoms with Crippen LogP contribution >= 0.6 is 0 Å². The molecular weight excluding hydrogens is 503 g/mol. The number of unbranched alkanes of at least 4 members (excludes halogenated alkanes) is 7. The van der Waals surface area contributed by atoms with Crippen molar-refractivity contribution in [2.24, 2.45) is 0 Å². The lowest BCUT2D eigenvalue weighted by Crippen LogP contribution is -2.62. The Labute approximate surface area is 203 Å². The van der Waals surface area contributed by atoms with Gasteiger partial charge in [-0.25, -0.2) is 9.97 Å². The van der Waals surface area contributed by atoms with E-state index in [1.54, 1.807) is 0 Å². The van der Waals surface area contributed by atoms with Crippen LogP contribution in [0.3, 0.4) is 0 Å². The molecule has 1 aromatic carbocycles. The summed E-state index contributed by atoms with van der Waals surface area (Å²) in [7, 11) is 0. The molecule has 1 heterocycles. The minimum atomic E-state index is -7.05. The molecule has 0 aliphatic carbocycles. The second kappa shape index (κ2) is 12.1. The van der Waals surface area contributed by atoms with Crippen LogP contribution in [0.25, 0.3) is 11.4 Å². The fourth-order valence-electron chi connectivity index (χ4n) is 3.39. The number of rotatable bonds is 14. The zero-order valence-electron chi connectivity index (χ0n) is 19.5. The monoisotopic (exact) mass is 530 g/mol. The number of alkyl halides is 9. The molecule has 2 rings (SSSR count). The number of para-hydroxylation sites is 1. The first-order chi connectivity index (χ1) is 16.7. The van der Waals surface area contributed by atoms with Crippen molar-refractivity contribution in [3.05, 3.63) is 42.2 Å². The van der Waals surface area contributed by atoms with Gasteiger partial charge in [0.15, 0.2) is 5.82 Å². The summed E-state index contributed by atoms with van der Waals surface area (Å²) in [6, 6.07) is 4.12. The molecule has 0 spiro atoms. The number of aromatic nitrogens is 2. The van der Waals surface area contributed by atoms with Gasteiger partial charge in [-0.2, -0.15) is 39.5 Å². The van der Waals surface area contributed by atoms with Crippen LogP contribution in [-0.4, -0.2) is 34.1 Å². The highest BCUT2D eigenvalue weighted by atomic mass is 19.4. The number of halogens is 9. The molecular formula is C24H27F9N2O. The van der Waals surface area contributed by atoms with Crippen LogP contribution in [0.15, 0.2) is 36.7 Å². The first-order valence-corrected chi connectivity index (χ1v) is 11.5. The molecule has 12 heteroatoms. The lowest BCUT2D eigenvalue weighted by molar-refractivity contribution is -0.428. The minimum absolute atomic E-state index is 0.257. The average molecular weight is 530 g/mol. The molecule has 0 bridgehead atoms. The Kier molecular flexibility index (Phi) is 10.0. The van der Waals surface area contributed by atoms with Crippen molar-refractivity contribution in [2.45, 2.75) is 88.8 Å². The van der Waals surface area contributed by atoms with Crippen molar-refractivity contribution < 1.29 is 44.3 Å². The Morgan fingerprint density at radius 3 is 1.78 bits per heavy atom. The molecule has 3 nitrogen and oxygen atoms in total. The molecule has 2 aromatic rings. The topological polar surface area (TPSA) is 35.0 Å². The van der Waals surface area contributed by atoms with Gasteiger partial charge >= 0.3 is 24.1 Å². The van der Waals surface area contributed by atoms with Gasteiger partial charge in [-0.1, -0.05) is 64.0 Å². The van der Waals surface area contributed by atoms with Gasteiger partial charge in [-0.3, -0.25) is 0 Å². The normalized spacial score (nSPS) is 13.2. The van der Waals surface area contributed by atoms with Crippen molar-refractivity contribution in [3.63, 3.8) is 0 Å². The van der Waals surface area contributed by atoms with E-state index in [0.717, 1.165) is 43.4 Å². The van der Waals surface area contributed by atoms with Crippen molar-refractivity contribution in [1.82, 2.24) is 9.97 Å². The summed E-state index contributed by atoms with van der Waals surface area (Å²) >= 11 is 0. The van der Waals surface area contributed by atoms with Gasteiger partial charge in [0.1, 0.15) is 5.75 Å². The van der Waals surface area contributed by atoms with Gasteiger partial charge in [0.05, 0.1) is 5.56 Å². The SMILES string of the molecule is CCCCCCCCCCc1cnc(-c2ccccc2OC(F)(F)C(F)(F)C(F)(F)C(F)(F)F)nc1. The maximum atomic E-state index is 14.0. The van der Waals surface area contributed by atoms with Crippen LogP contribution in [0.5, 0.6) is 5.75 Å². The third kappa shape index (κ3) is 7.03. The number of benzene rings is 1. The zero-order chi connectivity index (χ0) is 27.0. The highest BCUT2D eigenvalue weighted by molar-refractivity contribution is 5.63. The van der Waals surface area contributed by atoms with E-state index in [1.165, 1.54) is 44.1 Å². The molecule has 0 radical (unpaired) electrons. The molecule has 0 aliphatic heterocycles. The Balaban J connectivity index is 2.08.